The van der Waals surface area contributed by atoms with Crippen molar-refractivity contribution in [2.45, 2.75) is 19.3 Å². The highest BCUT2D eigenvalue weighted by Gasteiger charge is 2.38. The van der Waals surface area contributed by atoms with Gasteiger partial charge >= 0.3 is 12.1 Å². The lowest BCUT2D eigenvalue weighted by Crippen LogP contribution is -2.22. The van der Waals surface area contributed by atoms with Gasteiger partial charge in [-0.3, -0.25) is 9.48 Å². The summed E-state index contributed by atoms with van der Waals surface area (Å²) < 4.78 is 48.7. The number of amides is 1. The van der Waals surface area contributed by atoms with Gasteiger partial charge in [0.25, 0.3) is 5.91 Å². The molecule has 0 unspecified atom stereocenters. The van der Waals surface area contributed by atoms with Crippen molar-refractivity contribution in [3.63, 3.8) is 0 Å². The van der Waals surface area contributed by atoms with E-state index in [1.165, 1.54) is 23.8 Å². The molecule has 4 aromatic heterocycles. The summed E-state index contributed by atoms with van der Waals surface area (Å²) in [6.07, 6.45) is -0.157. The average Bonchev–Trinajstić information content (AvgIpc) is 3.46. The van der Waals surface area contributed by atoms with E-state index < -0.39 is 12.1 Å². The number of aromatic nitrogens is 4. The Kier molecular flexibility index (Phi) is 4.92. The van der Waals surface area contributed by atoms with Gasteiger partial charge in [0.1, 0.15) is 5.76 Å². The second-order valence-corrected chi connectivity index (χ2v) is 7.04. The molecule has 0 spiro atoms. The summed E-state index contributed by atoms with van der Waals surface area (Å²) in [7, 11) is 0. The van der Waals surface area contributed by atoms with Gasteiger partial charge in [-0.1, -0.05) is 5.16 Å². The van der Waals surface area contributed by atoms with Crippen LogP contribution in [0, 0.1) is 0 Å². The lowest BCUT2D eigenvalue weighted by molar-refractivity contribution is -0.159. The molecule has 4 aromatic rings. The zero-order chi connectivity index (χ0) is 20.4. The maximum absolute atomic E-state index is 12.6. The van der Waals surface area contributed by atoms with Crippen LogP contribution in [-0.4, -0.2) is 25.8 Å². The third-order valence-corrected chi connectivity index (χ3v) is 4.83. The van der Waals surface area contributed by atoms with Crippen LogP contribution < -0.4 is 5.32 Å². The molecule has 29 heavy (non-hydrogen) atoms. The topological polar surface area (TPSA) is 99.0 Å². The SMILES string of the molecule is O=C(NCc1ccco1)c1cnn(Cc2ccc(-c3noc(C(F)(F)F)n3)s2)c1. The van der Waals surface area contributed by atoms with Crippen molar-refractivity contribution in [1.29, 1.82) is 0 Å². The number of halogens is 3. The standard InChI is InChI=1S/C17H12F3N5O3S/c18-17(19,20)16-23-14(24-28-16)13-4-3-12(29-13)9-25-8-10(6-22-25)15(26)21-7-11-2-1-5-27-11/h1-6,8H,7,9H2,(H,21,26). The van der Waals surface area contributed by atoms with Gasteiger partial charge < -0.3 is 14.3 Å². The molecule has 0 fully saturated rings. The predicted molar refractivity (Wildman–Crippen MR) is 93.8 cm³/mol. The molecule has 0 aromatic carbocycles. The Morgan fingerprint density at radius 3 is 2.86 bits per heavy atom. The van der Waals surface area contributed by atoms with Gasteiger partial charge in [0.15, 0.2) is 0 Å². The van der Waals surface area contributed by atoms with Crippen LogP contribution in [0.3, 0.4) is 0 Å². The molecule has 0 saturated heterocycles. The zero-order valence-electron chi connectivity index (χ0n) is 14.5. The maximum atomic E-state index is 12.6. The van der Waals surface area contributed by atoms with Crippen molar-refractivity contribution in [2.75, 3.05) is 0 Å². The molecule has 4 heterocycles. The second kappa shape index (κ2) is 7.54. The molecule has 0 radical (unpaired) electrons. The van der Waals surface area contributed by atoms with Crippen molar-refractivity contribution in [3.05, 3.63) is 65.0 Å². The smallest absolute Gasteiger partial charge is 0.467 e. The largest absolute Gasteiger partial charge is 0.471 e. The van der Waals surface area contributed by atoms with E-state index >= 15 is 0 Å². The first-order valence-electron chi connectivity index (χ1n) is 8.21. The molecule has 1 N–H and O–H groups in total. The number of alkyl halides is 3. The summed E-state index contributed by atoms with van der Waals surface area (Å²) in [5, 5.41) is 10.2. The van der Waals surface area contributed by atoms with E-state index in [0.717, 1.165) is 4.88 Å². The summed E-state index contributed by atoms with van der Waals surface area (Å²) in [6, 6.07) is 6.81. The van der Waals surface area contributed by atoms with Crippen LogP contribution in [0.2, 0.25) is 0 Å². The van der Waals surface area contributed by atoms with Gasteiger partial charge in [0.05, 0.1) is 36.0 Å². The Bertz CT molecular complexity index is 1110. The Morgan fingerprint density at radius 1 is 1.28 bits per heavy atom. The molecule has 0 aliphatic rings. The molecule has 150 valence electrons. The van der Waals surface area contributed by atoms with Crippen molar-refractivity contribution in [2.24, 2.45) is 0 Å². The molecule has 0 atom stereocenters. The summed E-state index contributed by atoms with van der Waals surface area (Å²) in [6.45, 7) is 0.593. The van der Waals surface area contributed by atoms with E-state index in [1.54, 1.807) is 35.1 Å². The molecular formula is C17H12F3N5O3S. The zero-order valence-corrected chi connectivity index (χ0v) is 15.3. The minimum Gasteiger partial charge on any atom is -0.467 e. The lowest BCUT2D eigenvalue weighted by atomic mass is 10.3. The minimum atomic E-state index is -4.69. The van der Waals surface area contributed by atoms with E-state index in [1.807, 2.05) is 0 Å². The van der Waals surface area contributed by atoms with Gasteiger partial charge in [-0.25, -0.2) is 0 Å². The number of thiophene rings is 1. The van der Waals surface area contributed by atoms with E-state index in [9.17, 15) is 18.0 Å². The number of nitrogens with one attached hydrogen (secondary N) is 1. The molecule has 4 rings (SSSR count). The predicted octanol–water partition coefficient (Wildman–Crippen LogP) is 3.58. The molecular weight excluding hydrogens is 411 g/mol. The summed E-state index contributed by atoms with van der Waals surface area (Å²) in [4.78, 5) is 16.7. The maximum Gasteiger partial charge on any atom is 0.471 e. The first-order chi connectivity index (χ1) is 13.9. The highest BCUT2D eigenvalue weighted by Crippen LogP contribution is 2.31. The Labute approximate surface area is 164 Å². The number of furan rings is 1. The van der Waals surface area contributed by atoms with Gasteiger partial charge in [0, 0.05) is 11.1 Å². The molecule has 0 aliphatic heterocycles. The summed E-state index contributed by atoms with van der Waals surface area (Å²) in [5.41, 5.74) is 0.376. The average molecular weight is 423 g/mol. The van der Waals surface area contributed by atoms with Crippen molar-refractivity contribution in [3.8, 4) is 10.7 Å². The first kappa shape index (κ1) is 18.9. The van der Waals surface area contributed by atoms with Gasteiger partial charge in [-0.15, -0.1) is 11.3 Å². The van der Waals surface area contributed by atoms with Crippen molar-refractivity contribution >= 4 is 17.2 Å². The third kappa shape index (κ3) is 4.37. The fourth-order valence-electron chi connectivity index (χ4n) is 2.43. The molecule has 12 heteroatoms. The number of carbonyl (C=O) groups excluding carboxylic acids is 1. The van der Waals surface area contributed by atoms with Crippen LogP contribution in [0.4, 0.5) is 13.2 Å². The van der Waals surface area contributed by atoms with Crippen molar-refractivity contribution in [1.82, 2.24) is 25.2 Å². The van der Waals surface area contributed by atoms with Crippen LogP contribution in [0.25, 0.3) is 10.7 Å². The van der Waals surface area contributed by atoms with Gasteiger partial charge in [-0.2, -0.15) is 23.3 Å². The number of rotatable bonds is 6. The van der Waals surface area contributed by atoms with E-state index in [0.29, 0.717) is 22.7 Å². The summed E-state index contributed by atoms with van der Waals surface area (Å²) >= 11 is 1.20. The fraction of sp³-hybridized carbons (Fsp3) is 0.176. The highest BCUT2D eigenvalue weighted by atomic mass is 32.1. The number of hydrogen-bond acceptors (Lipinski definition) is 7. The molecule has 8 nitrogen and oxygen atoms in total. The van der Waals surface area contributed by atoms with Crippen LogP contribution in [0.15, 0.2) is 51.9 Å². The minimum absolute atomic E-state index is 0.132. The normalized spacial score (nSPS) is 11.7. The molecule has 0 bridgehead atoms. The van der Waals surface area contributed by atoms with E-state index in [2.05, 4.69) is 25.1 Å². The number of carbonyl (C=O) groups is 1. The van der Waals surface area contributed by atoms with Crippen LogP contribution >= 0.6 is 11.3 Å². The quantitative estimate of drug-likeness (QED) is 0.509. The highest BCUT2D eigenvalue weighted by molar-refractivity contribution is 7.15. The summed E-state index contributed by atoms with van der Waals surface area (Å²) in [5.74, 6) is -1.19. The van der Waals surface area contributed by atoms with Crippen LogP contribution in [0.5, 0.6) is 0 Å². The Hall–Kier alpha value is -3.41. The van der Waals surface area contributed by atoms with Crippen LogP contribution in [0.1, 0.15) is 26.9 Å². The third-order valence-electron chi connectivity index (χ3n) is 3.77. The number of hydrogen-bond donors (Lipinski definition) is 1. The Morgan fingerprint density at radius 2 is 2.14 bits per heavy atom. The van der Waals surface area contributed by atoms with Crippen molar-refractivity contribution < 1.29 is 26.9 Å². The van der Waals surface area contributed by atoms with Gasteiger partial charge in [-0.05, 0) is 24.3 Å². The van der Waals surface area contributed by atoms with Crippen LogP contribution in [-0.2, 0) is 19.3 Å². The fourth-order valence-corrected chi connectivity index (χ4v) is 3.36. The lowest BCUT2D eigenvalue weighted by Gasteiger charge is -2.00. The second-order valence-electron chi connectivity index (χ2n) is 5.88. The van der Waals surface area contributed by atoms with Gasteiger partial charge in [0.2, 0.25) is 5.82 Å². The first-order valence-corrected chi connectivity index (χ1v) is 9.03. The van der Waals surface area contributed by atoms with E-state index in [-0.39, 0.29) is 18.3 Å². The Balaban J connectivity index is 1.39. The molecule has 0 saturated carbocycles. The monoisotopic (exact) mass is 423 g/mol. The van der Waals surface area contributed by atoms with E-state index in [4.69, 9.17) is 4.42 Å². The number of nitrogens with zero attached hydrogens (tertiary/aromatic N) is 4. The molecule has 1 amide bonds. The molecule has 0 aliphatic carbocycles.